The van der Waals surface area contributed by atoms with Gasteiger partial charge in [-0.05, 0) is 43.6 Å². The maximum absolute atomic E-state index is 12.7. The predicted molar refractivity (Wildman–Crippen MR) is 84.8 cm³/mol. The Morgan fingerprint density at radius 2 is 2.10 bits per heavy atom. The lowest BCUT2D eigenvalue weighted by Crippen LogP contribution is -2.35. The largest absolute Gasteiger partial charge is 0.495 e. The van der Waals surface area contributed by atoms with Crippen LogP contribution in [0.15, 0.2) is 23.1 Å². The van der Waals surface area contributed by atoms with Gasteiger partial charge < -0.3 is 10.5 Å². The summed E-state index contributed by atoms with van der Waals surface area (Å²) in [6.07, 6.45) is 2.80. The van der Waals surface area contributed by atoms with Crippen molar-refractivity contribution in [2.75, 3.05) is 31.9 Å². The molecule has 1 aromatic rings. The van der Waals surface area contributed by atoms with Gasteiger partial charge in [0.1, 0.15) is 10.6 Å². The number of nitrogens with zero attached hydrogens (tertiary/aromatic N) is 1. The molecule has 0 amide bonds. The van der Waals surface area contributed by atoms with Gasteiger partial charge in [-0.1, -0.05) is 0 Å². The number of methoxy groups -OCH3 is 1. The van der Waals surface area contributed by atoms with Crippen molar-refractivity contribution in [3.05, 3.63) is 18.2 Å². The van der Waals surface area contributed by atoms with Crippen molar-refractivity contribution in [1.29, 1.82) is 0 Å². The summed E-state index contributed by atoms with van der Waals surface area (Å²) in [4.78, 5) is 0.110. The van der Waals surface area contributed by atoms with Gasteiger partial charge >= 0.3 is 0 Å². The van der Waals surface area contributed by atoms with E-state index in [4.69, 9.17) is 10.5 Å². The molecule has 0 fully saturated rings. The molecule has 2 N–H and O–H groups in total. The summed E-state index contributed by atoms with van der Waals surface area (Å²) in [6.45, 7) is 1.90. The zero-order valence-corrected chi connectivity index (χ0v) is 13.9. The van der Waals surface area contributed by atoms with E-state index >= 15 is 0 Å². The third-order valence-electron chi connectivity index (χ3n) is 3.21. The first-order valence-corrected chi connectivity index (χ1v) is 9.08. The summed E-state index contributed by atoms with van der Waals surface area (Å²) in [5.74, 6) is 1.22. The third-order valence-corrected chi connectivity index (χ3v) is 5.84. The number of ether oxygens (including phenoxy) is 1. The summed E-state index contributed by atoms with van der Waals surface area (Å²) in [5.41, 5.74) is 6.09. The van der Waals surface area contributed by atoms with Crippen LogP contribution in [-0.2, 0) is 10.0 Å². The minimum absolute atomic E-state index is 0.0846. The third kappa shape index (κ3) is 3.80. The smallest absolute Gasteiger partial charge is 0.246 e. The molecule has 20 heavy (non-hydrogen) atoms. The lowest BCUT2D eigenvalue weighted by molar-refractivity contribution is 0.372. The second kappa shape index (κ2) is 7.19. The Bertz CT molecular complexity index is 547. The Morgan fingerprint density at radius 1 is 1.45 bits per heavy atom. The average Bonchev–Trinajstić information content (AvgIpc) is 2.43. The summed E-state index contributed by atoms with van der Waals surface area (Å²) >= 11 is 1.70. The molecule has 1 atom stereocenters. The number of rotatable bonds is 7. The molecule has 1 unspecified atom stereocenters. The first-order chi connectivity index (χ1) is 9.34. The SMILES string of the molecule is COc1ccc(N)cc1S(=O)(=O)N(C)C(C)CCSC. The van der Waals surface area contributed by atoms with Gasteiger partial charge in [-0.2, -0.15) is 16.1 Å². The average molecular weight is 318 g/mol. The van der Waals surface area contributed by atoms with Gasteiger partial charge in [0.25, 0.3) is 0 Å². The molecule has 0 aromatic heterocycles. The molecule has 0 saturated heterocycles. The minimum Gasteiger partial charge on any atom is -0.495 e. The maximum atomic E-state index is 12.7. The molecule has 7 heteroatoms. The topological polar surface area (TPSA) is 72.6 Å². The van der Waals surface area contributed by atoms with E-state index in [-0.39, 0.29) is 10.9 Å². The van der Waals surface area contributed by atoms with Crippen LogP contribution in [0, 0.1) is 0 Å². The molecule has 1 rings (SSSR count). The molecule has 0 aliphatic carbocycles. The Kier molecular flexibility index (Phi) is 6.16. The fourth-order valence-corrected chi connectivity index (χ4v) is 3.91. The molecule has 0 spiro atoms. The van der Waals surface area contributed by atoms with Crippen molar-refractivity contribution >= 4 is 27.5 Å². The highest BCUT2D eigenvalue weighted by atomic mass is 32.2. The van der Waals surface area contributed by atoms with Crippen LogP contribution in [-0.4, -0.2) is 44.9 Å². The Hall–Kier alpha value is -0.920. The zero-order chi connectivity index (χ0) is 15.3. The number of anilines is 1. The molecular weight excluding hydrogens is 296 g/mol. The zero-order valence-electron chi connectivity index (χ0n) is 12.3. The van der Waals surface area contributed by atoms with Crippen molar-refractivity contribution in [3.63, 3.8) is 0 Å². The van der Waals surface area contributed by atoms with Crippen LogP contribution in [0.5, 0.6) is 5.75 Å². The van der Waals surface area contributed by atoms with Gasteiger partial charge in [-0.3, -0.25) is 0 Å². The predicted octanol–water partition coefficient (Wildman–Crippen LogP) is 2.04. The van der Waals surface area contributed by atoms with E-state index in [9.17, 15) is 8.42 Å². The highest BCUT2D eigenvalue weighted by Gasteiger charge is 2.28. The second-order valence-corrected chi connectivity index (χ2v) is 7.51. The van der Waals surface area contributed by atoms with E-state index in [1.165, 1.54) is 17.5 Å². The van der Waals surface area contributed by atoms with E-state index in [1.807, 2.05) is 13.2 Å². The van der Waals surface area contributed by atoms with Crippen molar-refractivity contribution in [1.82, 2.24) is 4.31 Å². The van der Waals surface area contributed by atoms with E-state index < -0.39 is 10.0 Å². The van der Waals surface area contributed by atoms with Crippen LogP contribution in [0.25, 0.3) is 0 Å². The van der Waals surface area contributed by atoms with Gasteiger partial charge in [0.2, 0.25) is 10.0 Å². The molecule has 114 valence electrons. The van der Waals surface area contributed by atoms with Gasteiger partial charge in [0.15, 0.2) is 0 Å². The molecule has 0 aliphatic heterocycles. The van der Waals surface area contributed by atoms with Crippen molar-refractivity contribution in [2.24, 2.45) is 0 Å². The van der Waals surface area contributed by atoms with Gasteiger partial charge in [-0.25, -0.2) is 8.42 Å². The second-order valence-electron chi connectivity index (χ2n) is 4.56. The Balaban J connectivity index is 3.12. The van der Waals surface area contributed by atoms with Crippen LogP contribution in [0.3, 0.4) is 0 Å². The van der Waals surface area contributed by atoms with Gasteiger partial charge in [0, 0.05) is 18.8 Å². The standard InChI is InChI=1S/C13H22N2O3S2/c1-10(7-8-19-4)15(2)20(16,17)13-9-11(14)5-6-12(13)18-3/h5-6,9-10H,7-8,14H2,1-4H3. The normalized spacial score (nSPS) is 13.4. The Morgan fingerprint density at radius 3 is 2.65 bits per heavy atom. The highest BCUT2D eigenvalue weighted by molar-refractivity contribution is 7.98. The van der Waals surface area contributed by atoms with E-state index in [1.54, 1.807) is 30.9 Å². The monoisotopic (exact) mass is 318 g/mol. The summed E-state index contributed by atoms with van der Waals surface area (Å²) < 4.78 is 31.8. The summed E-state index contributed by atoms with van der Waals surface area (Å²) in [6, 6.07) is 4.54. The van der Waals surface area contributed by atoms with Crippen LogP contribution < -0.4 is 10.5 Å². The summed E-state index contributed by atoms with van der Waals surface area (Å²) in [7, 11) is -0.582. The molecule has 5 nitrogen and oxygen atoms in total. The molecule has 0 heterocycles. The van der Waals surface area contributed by atoms with Crippen LogP contribution in [0.2, 0.25) is 0 Å². The first-order valence-electron chi connectivity index (χ1n) is 6.25. The van der Waals surface area contributed by atoms with E-state index in [0.29, 0.717) is 11.4 Å². The van der Waals surface area contributed by atoms with Crippen LogP contribution >= 0.6 is 11.8 Å². The van der Waals surface area contributed by atoms with Crippen molar-refractivity contribution in [2.45, 2.75) is 24.3 Å². The number of benzene rings is 1. The quantitative estimate of drug-likeness (QED) is 0.779. The van der Waals surface area contributed by atoms with E-state index in [2.05, 4.69) is 0 Å². The fraction of sp³-hybridized carbons (Fsp3) is 0.538. The van der Waals surface area contributed by atoms with Crippen LogP contribution in [0.1, 0.15) is 13.3 Å². The highest BCUT2D eigenvalue weighted by Crippen LogP contribution is 2.29. The Labute approximate surface area is 125 Å². The van der Waals surface area contributed by atoms with E-state index in [0.717, 1.165) is 12.2 Å². The van der Waals surface area contributed by atoms with Crippen LogP contribution in [0.4, 0.5) is 5.69 Å². The number of nitrogen functional groups attached to an aromatic ring is 1. The molecule has 0 radical (unpaired) electrons. The van der Waals surface area contributed by atoms with Crippen molar-refractivity contribution in [3.8, 4) is 5.75 Å². The molecule has 0 aliphatic rings. The molecular formula is C13H22N2O3S2. The molecule has 1 aromatic carbocycles. The number of sulfonamides is 1. The number of nitrogens with two attached hydrogens (primary N) is 1. The van der Waals surface area contributed by atoms with Gasteiger partial charge in [0.05, 0.1) is 7.11 Å². The molecule has 0 saturated carbocycles. The lowest BCUT2D eigenvalue weighted by atomic mass is 10.3. The van der Waals surface area contributed by atoms with Gasteiger partial charge in [-0.15, -0.1) is 0 Å². The summed E-state index contributed by atoms with van der Waals surface area (Å²) in [5, 5.41) is 0. The number of hydrogen-bond acceptors (Lipinski definition) is 5. The maximum Gasteiger partial charge on any atom is 0.246 e. The number of hydrogen-bond donors (Lipinski definition) is 1. The first kappa shape index (κ1) is 17.1. The number of thioether (sulfide) groups is 1. The minimum atomic E-state index is -3.61. The molecule has 0 bridgehead atoms. The van der Waals surface area contributed by atoms with Crippen molar-refractivity contribution < 1.29 is 13.2 Å². The lowest BCUT2D eigenvalue weighted by Gasteiger charge is -2.25. The fourth-order valence-electron chi connectivity index (χ4n) is 1.76.